The predicted molar refractivity (Wildman–Crippen MR) is 25.0 cm³/mol. The van der Waals surface area contributed by atoms with E-state index < -0.39 is 0 Å². The molecule has 3 N–H and O–H groups in total. The SMILES string of the molecule is O/C=C(\O)CCO. The molecule has 0 spiro atoms. The van der Waals surface area contributed by atoms with Crippen LogP contribution in [0, 0.1) is 0 Å². The Kier molecular flexibility index (Phi) is 3.14. The van der Waals surface area contributed by atoms with Gasteiger partial charge in [-0.05, 0) is 0 Å². The molecular weight excluding hydrogens is 96.0 g/mol. The van der Waals surface area contributed by atoms with Gasteiger partial charge in [-0.15, -0.1) is 0 Å². The number of hydrogen-bond donors (Lipinski definition) is 3. The number of aliphatic hydroxyl groups excluding tert-OH is 3. The summed E-state index contributed by atoms with van der Waals surface area (Å²) in [5, 5.41) is 24.3. The van der Waals surface area contributed by atoms with Crippen molar-refractivity contribution < 1.29 is 15.3 Å². The highest BCUT2D eigenvalue weighted by atomic mass is 16.3. The van der Waals surface area contributed by atoms with E-state index in [1.807, 2.05) is 0 Å². The third-order valence-corrected chi connectivity index (χ3v) is 0.517. The molecule has 0 saturated heterocycles. The van der Waals surface area contributed by atoms with Gasteiger partial charge in [-0.1, -0.05) is 0 Å². The van der Waals surface area contributed by atoms with Crippen LogP contribution in [0.3, 0.4) is 0 Å². The third-order valence-electron chi connectivity index (χ3n) is 0.517. The lowest BCUT2D eigenvalue weighted by molar-refractivity contribution is 0.259. The minimum absolute atomic E-state index is 0.122. The summed E-state index contributed by atoms with van der Waals surface area (Å²) in [4.78, 5) is 0. The van der Waals surface area contributed by atoms with Gasteiger partial charge in [-0.2, -0.15) is 0 Å². The van der Waals surface area contributed by atoms with E-state index in [-0.39, 0.29) is 18.8 Å². The van der Waals surface area contributed by atoms with Gasteiger partial charge in [0.1, 0.15) is 12.0 Å². The van der Waals surface area contributed by atoms with Crippen molar-refractivity contribution in [2.75, 3.05) is 6.61 Å². The Morgan fingerprint density at radius 3 is 2.29 bits per heavy atom. The lowest BCUT2D eigenvalue weighted by Gasteiger charge is -1.88. The standard InChI is InChI=1S/C4H8O3/c5-2-1-4(7)3-6/h3,5-7H,1-2H2/b4-3-. The molecule has 0 bridgehead atoms. The van der Waals surface area contributed by atoms with Crippen LogP contribution < -0.4 is 0 Å². The second-order valence-electron chi connectivity index (χ2n) is 1.09. The van der Waals surface area contributed by atoms with Crippen molar-refractivity contribution >= 4 is 0 Å². The van der Waals surface area contributed by atoms with Gasteiger partial charge in [0.05, 0.1) is 6.61 Å². The fraction of sp³-hybridized carbons (Fsp3) is 0.500. The molecule has 7 heavy (non-hydrogen) atoms. The molecule has 0 aromatic carbocycles. The average Bonchev–Trinajstić information content (AvgIpc) is 1.68. The first-order chi connectivity index (χ1) is 3.31. The normalized spacial score (nSPS) is 11.9. The fourth-order valence-electron chi connectivity index (χ4n) is 0.179. The highest BCUT2D eigenvalue weighted by molar-refractivity contribution is 4.81. The summed E-state index contributed by atoms with van der Waals surface area (Å²) >= 11 is 0. The molecule has 0 radical (unpaired) electrons. The summed E-state index contributed by atoms with van der Waals surface area (Å²) in [5.74, 6) is -0.192. The molecule has 0 aliphatic rings. The molecule has 0 aromatic heterocycles. The molecule has 0 amide bonds. The Bertz CT molecular complexity index is 67.3. The molecule has 0 heterocycles. The van der Waals surface area contributed by atoms with Gasteiger partial charge in [-0.25, -0.2) is 0 Å². The highest BCUT2D eigenvalue weighted by Gasteiger charge is 1.86. The molecule has 3 nitrogen and oxygen atoms in total. The first-order valence-corrected chi connectivity index (χ1v) is 1.94. The van der Waals surface area contributed by atoms with Crippen molar-refractivity contribution in [1.82, 2.24) is 0 Å². The summed E-state index contributed by atoms with van der Waals surface area (Å²) in [6.07, 6.45) is 0.687. The smallest absolute Gasteiger partial charge is 0.129 e. The van der Waals surface area contributed by atoms with Gasteiger partial charge in [0.15, 0.2) is 0 Å². The van der Waals surface area contributed by atoms with E-state index in [1.165, 1.54) is 0 Å². The van der Waals surface area contributed by atoms with Crippen molar-refractivity contribution in [3.05, 3.63) is 12.0 Å². The second kappa shape index (κ2) is 3.49. The van der Waals surface area contributed by atoms with E-state index >= 15 is 0 Å². The van der Waals surface area contributed by atoms with Crippen molar-refractivity contribution in [1.29, 1.82) is 0 Å². The zero-order chi connectivity index (χ0) is 5.70. The molecule has 0 rings (SSSR count). The monoisotopic (exact) mass is 104 g/mol. The fourth-order valence-corrected chi connectivity index (χ4v) is 0.179. The maximum absolute atomic E-state index is 8.31. The maximum Gasteiger partial charge on any atom is 0.129 e. The number of hydrogen-bond acceptors (Lipinski definition) is 3. The van der Waals surface area contributed by atoms with E-state index in [9.17, 15) is 0 Å². The molecule has 0 unspecified atom stereocenters. The molecule has 0 aromatic rings. The Morgan fingerprint density at radius 2 is 2.14 bits per heavy atom. The molecule has 0 saturated carbocycles. The number of aliphatic hydroxyl groups is 3. The molecule has 0 atom stereocenters. The Labute approximate surface area is 41.5 Å². The Hall–Kier alpha value is -0.700. The van der Waals surface area contributed by atoms with E-state index in [0.717, 1.165) is 0 Å². The van der Waals surface area contributed by atoms with Crippen molar-refractivity contribution in [2.45, 2.75) is 6.42 Å². The highest BCUT2D eigenvalue weighted by Crippen LogP contribution is 1.89. The molecule has 0 aliphatic carbocycles. The minimum atomic E-state index is -0.192. The average molecular weight is 104 g/mol. The minimum Gasteiger partial charge on any atom is -0.512 e. The summed E-state index contributed by atoms with van der Waals surface area (Å²) < 4.78 is 0. The lowest BCUT2D eigenvalue weighted by atomic mass is 10.4. The van der Waals surface area contributed by atoms with Crippen molar-refractivity contribution in [3.63, 3.8) is 0 Å². The third kappa shape index (κ3) is 3.12. The van der Waals surface area contributed by atoms with Gasteiger partial charge >= 0.3 is 0 Å². The van der Waals surface area contributed by atoms with E-state index in [1.54, 1.807) is 0 Å². The van der Waals surface area contributed by atoms with Crippen LogP contribution in [0.4, 0.5) is 0 Å². The quantitative estimate of drug-likeness (QED) is 0.442. The van der Waals surface area contributed by atoms with Gasteiger partial charge in [0.25, 0.3) is 0 Å². The second-order valence-corrected chi connectivity index (χ2v) is 1.09. The van der Waals surface area contributed by atoms with Crippen LogP contribution in [-0.4, -0.2) is 21.9 Å². The topological polar surface area (TPSA) is 60.7 Å². The number of rotatable bonds is 2. The van der Waals surface area contributed by atoms with E-state index in [0.29, 0.717) is 6.26 Å². The lowest BCUT2D eigenvalue weighted by Crippen LogP contribution is -1.85. The molecule has 0 aliphatic heterocycles. The Balaban J connectivity index is 3.17. The predicted octanol–water partition coefficient (Wildman–Crippen LogP) is 0.326. The molecular formula is C4H8O3. The van der Waals surface area contributed by atoms with Crippen LogP contribution in [0.2, 0.25) is 0 Å². The zero-order valence-electron chi connectivity index (χ0n) is 3.83. The van der Waals surface area contributed by atoms with Gasteiger partial charge < -0.3 is 15.3 Å². The van der Waals surface area contributed by atoms with Crippen LogP contribution in [-0.2, 0) is 0 Å². The van der Waals surface area contributed by atoms with E-state index in [4.69, 9.17) is 15.3 Å². The Morgan fingerprint density at radius 1 is 1.57 bits per heavy atom. The maximum atomic E-state index is 8.31. The molecule has 0 fully saturated rings. The largest absolute Gasteiger partial charge is 0.512 e. The first-order valence-electron chi connectivity index (χ1n) is 1.94. The first kappa shape index (κ1) is 6.30. The van der Waals surface area contributed by atoms with Crippen LogP contribution in [0.5, 0.6) is 0 Å². The zero-order valence-corrected chi connectivity index (χ0v) is 3.83. The van der Waals surface area contributed by atoms with Gasteiger partial charge in [-0.3, -0.25) is 0 Å². The summed E-state index contributed by atoms with van der Waals surface area (Å²) in [6, 6.07) is 0. The van der Waals surface area contributed by atoms with Crippen LogP contribution >= 0.6 is 0 Å². The van der Waals surface area contributed by atoms with E-state index in [2.05, 4.69) is 0 Å². The molecule has 3 heteroatoms. The van der Waals surface area contributed by atoms with Crippen LogP contribution in [0.15, 0.2) is 12.0 Å². The summed E-state index contributed by atoms with van der Waals surface area (Å²) in [5.41, 5.74) is 0. The van der Waals surface area contributed by atoms with Gasteiger partial charge in [0.2, 0.25) is 0 Å². The van der Waals surface area contributed by atoms with Crippen molar-refractivity contribution in [3.8, 4) is 0 Å². The van der Waals surface area contributed by atoms with Gasteiger partial charge in [0, 0.05) is 6.42 Å². The summed E-state index contributed by atoms with van der Waals surface area (Å²) in [6.45, 7) is -0.136. The van der Waals surface area contributed by atoms with Crippen molar-refractivity contribution in [2.24, 2.45) is 0 Å². The van der Waals surface area contributed by atoms with Crippen LogP contribution in [0.25, 0.3) is 0 Å². The van der Waals surface area contributed by atoms with Crippen LogP contribution in [0.1, 0.15) is 6.42 Å². The summed E-state index contributed by atoms with van der Waals surface area (Å²) in [7, 11) is 0. The molecule has 42 valence electrons.